The minimum atomic E-state index is -4.95. The number of carbonyl (C=O) groups excluding carboxylic acids is 1. The molecule has 4 rings (SSSR count). The van der Waals surface area contributed by atoms with Crippen LogP contribution in [0.3, 0.4) is 0 Å². The number of aryl methyl sites for hydroxylation is 2. The van der Waals surface area contributed by atoms with Gasteiger partial charge in [0.05, 0.1) is 15.8 Å². The number of rotatable bonds is 5. The minimum absolute atomic E-state index is 0.0218. The summed E-state index contributed by atoms with van der Waals surface area (Å²) in [5.41, 5.74) is -2.64. The van der Waals surface area contributed by atoms with Crippen LogP contribution in [0.25, 0.3) is 0 Å². The molecule has 2 aromatic carbocycles. The van der Waals surface area contributed by atoms with Crippen LogP contribution in [-0.4, -0.2) is 32.6 Å². The Balaban J connectivity index is 1.60. The molecule has 0 radical (unpaired) electrons. The zero-order valence-electron chi connectivity index (χ0n) is 18.6. The average Bonchev–Trinajstić information content (AvgIpc) is 3.41. The van der Waals surface area contributed by atoms with Crippen LogP contribution < -0.4 is 5.32 Å². The van der Waals surface area contributed by atoms with Gasteiger partial charge in [-0.1, -0.05) is 34.4 Å². The Labute approximate surface area is 210 Å². The number of hydrogen-bond donors (Lipinski definition) is 1. The van der Waals surface area contributed by atoms with Gasteiger partial charge < -0.3 is 4.84 Å². The van der Waals surface area contributed by atoms with Crippen molar-refractivity contribution in [3.63, 3.8) is 0 Å². The number of aromatic nitrogens is 3. The summed E-state index contributed by atoms with van der Waals surface area (Å²) >= 11 is 11.4. The van der Waals surface area contributed by atoms with Gasteiger partial charge in [-0.15, -0.1) is 5.10 Å². The van der Waals surface area contributed by atoms with Crippen molar-refractivity contribution < 1.29 is 31.6 Å². The third kappa shape index (κ3) is 4.50. The number of oxime groups is 1. The molecule has 1 aliphatic rings. The molecular weight excluding hydrogens is 532 g/mol. The second-order valence-corrected chi connectivity index (χ2v) is 8.79. The minimum Gasteiger partial charge on any atom is -0.374 e. The number of benzene rings is 2. The van der Waals surface area contributed by atoms with Gasteiger partial charge in [-0.25, -0.2) is 13.5 Å². The van der Waals surface area contributed by atoms with E-state index in [2.05, 4.69) is 20.6 Å². The number of nitrogens with zero attached hydrogens (tertiary/aromatic N) is 4. The van der Waals surface area contributed by atoms with Crippen LogP contribution in [0.15, 0.2) is 35.5 Å². The molecule has 7 nitrogen and oxygen atoms in total. The Morgan fingerprint density at radius 1 is 1.22 bits per heavy atom. The smallest absolute Gasteiger partial charge is 0.374 e. The van der Waals surface area contributed by atoms with E-state index >= 15 is 0 Å². The van der Waals surface area contributed by atoms with Crippen LogP contribution in [0.2, 0.25) is 10.0 Å². The van der Waals surface area contributed by atoms with Gasteiger partial charge in [0.25, 0.3) is 11.5 Å². The van der Waals surface area contributed by atoms with E-state index in [0.29, 0.717) is 5.56 Å². The van der Waals surface area contributed by atoms with Gasteiger partial charge in [-0.3, -0.25) is 10.1 Å². The molecule has 14 heteroatoms. The fourth-order valence-corrected chi connectivity index (χ4v) is 4.19. The van der Waals surface area contributed by atoms with Gasteiger partial charge >= 0.3 is 6.18 Å². The average molecular weight is 548 g/mol. The Bertz CT molecular complexity index is 1370. The van der Waals surface area contributed by atoms with Crippen LogP contribution in [0.4, 0.5) is 27.9 Å². The first-order valence-electron chi connectivity index (χ1n) is 10.2. The van der Waals surface area contributed by atoms with Crippen molar-refractivity contribution >= 4 is 40.8 Å². The SMILES string of the molecule is Cc1cc(C2=NOC(c3cc(Cl)c(F)c(Cl)c3)(C(F)(F)F)C2)ccc1C(=O)Nc1nc(CF)n(C)n1. The van der Waals surface area contributed by atoms with Crippen LogP contribution in [0.1, 0.15) is 39.3 Å². The lowest BCUT2D eigenvalue weighted by atomic mass is 9.86. The maximum atomic E-state index is 14.2. The highest BCUT2D eigenvalue weighted by Crippen LogP contribution is 2.50. The van der Waals surface area contributed by atoms with Gasteiger partial charge in [0.15, 0.2) is 11.6 Å². The van der Waals surface area contributed by atoms with Crippen LogP contribution in [0.5, 0.6) is 0 Å². The molecule has 3 aromatic rings. The van der Waals surface area contributed by atoms with E-state index < -0.39 is 52.2 Å². The van der Waals surface area contributed by atoms with Crippen LogP contribution in [0, 0.1) is 12.7 Å². The number of alkyl halides is 4. The van der Waals surface area contributed by atoms with Gasteiger partial charge in [0.2, 0.25) is 5.95 Å². The standard InChI is InChI=1S/C22H16Cl2F5N5O2/c1-10-5-11(3-4-13(10)19(35)31-20-30-17(9-25)34(2)32-20)16-8-21(36-33-16,22(27,28)29)12-6-14(23)18(26)15(24)7-12/h3-7H,8-9H2,1-2H3,(H,31,32,35). The van der Waals surface area contributed by atoms with Crippen molar-refractivity contribution in [2.24, 2.45) is 12.2 Å². The predicted octanol–water partition coefficient (Wildman–Crippen LogP) is 5.87. The fourth-order valence-electron chi connectivity index (χ4n) is 3.70. The second-order valence-electron chi connectivity index (χ2n) is 7.98. The first-order chi connectivity index (χ1) is 16.9. The zero-order valence-corrected chi connectivity index (χ0v) is 20.1. The molecule has 1 aliphatic heterocycles. The topological polar surface area (TPSA) is 81.4 Å². The van der Waals surface area contributed by atoms with E-state index in [1.807, 2.05) is 0 Å². The summed E-state index contributed by atoms with van der Waals surface area (Å²) in [6.45, 7) is 0.706. The van der Waals surface area contributed by atoms with E-state index in [4.69, 9.17) is 28.0 Å². The summed E-state index contributed by atoms with van der Waals surface area (Å²) in [6.07, 6.45) is -5.70. The molecule has 1 aromatic heterocycles. The predicted molar refractivity (Wildman–Crippen MR) is 121 cm³/mol. The molecule has 1 amide bonds. The van der Waals surface area contributed by atoms with Gasteiger partial charge in [-0.2, -0.15) is 18.2 Å². The lowest BCUT2D eigenvalue weighted by Crippen LogP contribution is -2.42. The summed E-state index contributed by atoms with van der Waals surface area (Å²) in [5, 5.41) is 8.80. The summed E-state index contributed by atoms with van der Waals surface area (Å²) in [4.78, 5) is 21.4. The molecule has 1 atom stereocenters. The van der Waals surface area contributed by atoms with Crippen molar-refractivity contribution in [1.82, 2.24) is 14.8 Å². The first kappa shape index (κ1) is 25.8. The van der Waals surface area contributed by atoms with E-state index in [0.717, 1.165) is 12.1 Å². The van der Waals surface area contributed by atoms with E-state index in [9.17, 15) is 26.7 Å². The Morgan fingerprint density at radius 3 is 2.44 bits per heavy atom. The number of carbonyl (C=O) groups is 1. The maximum Gasteiger partial charge on any atom is 0.435 e. The van der Waals surface area contributed by atoms with Crippen molar-refractivity contribution in [2.45, 2.75) is 31.8 Å². The highest BCUT2D eigenvalue weighted by atomic mass is 35.5. The Kier molecular flexibility index (Phi) is 6.69. The number of amides is 1. The lowest BCUT2D eigenvalue weighted by Gasteiger charge is -2.29. The second kappa shape index (κ2) is 9.32. The van der Waals surface area contributed by atoms with E-state index in [1.165, 1.54) is 29.9 Å². The van der Waals surface area contributed by atoms with Crippen molar-refractivity contribution in [3.05, 3.63) is 74.3 Å². The Morgan fingerprint density at radius 2 is 1.89 bits per heavy atom. The maximum absolute atomic E-state index is 14.2. The van der Waals surface area contributed by atoms with Crippen molar-refractivity contribution in [3.8, 4) is 0 Å². The number of hydrogen-bond acceptors (Lipinski definition) is 5. The molecule has 0 bridgehead atoms. The highest BCUT2D eigenvalue weighted by molar-refractivity contribution is 6.35. The molecule has 36 heavy (non-hydrogen) atoms. The van der Waals surface area contributed by atoms with Crippen LogP contribution in [-0.2, 0) is 24.2 Å². The third-order valence-electron chi connectivity index (χ3n) is 5.64. The van der Waals surface area contributed by atoms with Gasteiger partial charge in [0, 0.05) is 24.6 Å². The molecular formula is C22H16Cl2F5N5O2. The summed E-state index contributed by atoms with van der Waals surface area (Å²) in [6, 6.07) is 5.86. The number of nitrogens with one attached hydrogen (secondary N) is 1. The van der Waals surface area contributed by atoms with Gasteiger partial charge in [0.1, 0.15) is 6.67 Å². The lowest BCUT2D eigenvalue weighted by molar-refractivity contribution is -0.275. The monoisotopic (exact) mass is 547 g/mol. The summed E-state index contributed by atoms with van der Waals surface area (Å²) < 4.78 is 70.4. The summed E-state index contributed by atoms with van der Waals surface area (Å²) in [7, 11) is 1.47. The van der Waals surface area contributed by atoms with Crippen molar-refractivity contribution in [2.75, 3.05) is 5.32 Å². The molecule has 0 saturated carbocycles. The largest absolute Gasteiger partial charge is 0.435 e. The first-order valence-corrected chi connectivity index (χ1v) is 11.0. The molecule has 0 fully saturated rings. The van der Waals surface area contributed by atoms with Crippen LogP contribution >= 0.6 is 23.2 Å². The molecule has 1 unspecified atom stereocenters. The Hall–Kier alpha value is -3.25. The third-order valence-corrected chi connectivity index (χ3v) is 6.19. The molecule has 1 N–H and O–H groups in total. The fraction of sp³-hybridized carbons (Fsp3) is 0.273. The van der Waals surface area contributed by atoms with E-state index in [1.54, 1.807) is 6.92 Å². The molecule has 190 valence electrons. The normalized spacial score (nSPS) is 17.6. The quantitative estimate of drug-likeness (QED) is 0.320. The van der Waals surface area contributed by atoms with E-state index in [-0.39, 0.29) is 28.6 Å². The molecule has 0 saturated heterocycles. The summed E-state index contributed by atoms with van der Waals surface area (Å²) in [5.74, 6) is -1.72. The number of halogens is 7. The molecule has 2 heterocycles. The highest BCUT2D eigenvalue weighted by Gasteiger charge is 2.62. The number of anilines is 1. The molecule has 0 aliphatic carbocycles. The molecule has 0 spiro atoms. The zero-order chi connectivity index (χ0) is 26.4. The van der Waals surface area contributed by atoms with Crippen molar-refractivity contribution in [1.29, 1.82) is 0 Å². The van der Waals surface area contributed by atoms with Gasteiger partial charge in [-0.05, 0) is 42.3 Å².